The SMILES string of the molecule is CC(=O)N1c2ccccc2[C@@H](N(c2ccccc2)S(=O)(=O)c2ccc(Cl)cc2)C[C@@H]1C. The van der Waals surface area contributed by atoms with Gasteiger partial charge in [-0.15, -0.1) is 0 Å². The fourth-order valence-corrected chi connectivity index (χ4v) is 6.03. The van der Waals surface area contributed by atoms with Crippen LogP contribution in [0.2, 0.25) is 5.02 Å². The van der Waals surface area contributed by atoms with Crippen LogP contribution < -0.4 is 9.21 Å². The molecule has 3 aromatic carbocycles. The number of carbonyl (C=O) groups is 1. The molecule has 0 unspecified atom stereocenters. The number of hydrogen-bond acceptors (Lipinski definition) is 3. The van der Waals surface area contributed by atoms with Crippen molar-refractivity contribution in [2.24, 2.45) is 0 Å². The maximum atomic E-state index is 13.9. The molecule has 1 aliphatic rings. The lowest BCUT2D eigenvalue weighted by Crippen LogP contribution is -2.47. The number of para-hydroxylation sites is 2. The van der Waals surface area contributed by atoms with Crippen molar-refractivity contribution >= 4 is 38.9 Å². The standard InChI is InChI=1S/C24H23ClN2O3S/c1-17-16-24(22-10-6-7-11-23(22)26(17)18(2)28)27(20-8-4-3-5-9-20)31(29,30)21-14-12-19(25)13-15-21/h3-15,17,24H,16H2,1-2H3/t17-,24-/m0/s1. The van der Waals surface area contributed by atoms with Gasteiger partial charge in [-0.25, -0.2) is 8.42 Å². The first-order valence-electron chi connectivity index (χ1n) is 10.0. The Hall–Kier alpha value is -2.83. The lowest BCUT2D eigenvalue weighted by Gasteiger charge is -2.43. The summed E-state index contributed by atoms with van der Waals surface area (Å²) < 4.78 is 29.2. The van der Waals surface area contributed by atoms with E-state index < -0.39 is 16.1 Å². The van der Waals surface area contributed by atoms with Crippen LogP contribution in [0.4, 0.5) is 11.4 Å². The fourth-order valence-electron chi connectivity index (χ4n) is 4.26. The second-order valence-corrected chi connectivity index (χ2v) is 9.89. The molecule has 0 aliphatic carbocycles. The predicted octanol–water partition coefficient (Wildman–Crippen LogP) is 5.42. The zero-order valence-corrected chi connectivity index (χ0v) is 18.8. The first-order chi connectivity index (χ1) is 14.8. The van der Waals surface area contributed by atoms with Gasteiger partial charge < -0.3 is 4.90 Å². The van der Waals surface area contributed by atoms with Crippen molar-refractivity contribution in [2.75, 3.05) is 9.21 Å². The van der Waals surface area contributed by atoms with Crippen molar-refractivity contribution in [1.29, 1.82) is 0 Å². The van der Waals surface area contributed by atoms with Gasteiger partial charge in [-0.1, -0.05) is 48.0 Å². The molecule has 5 nitrogen and oxygen atoms in total. The van der Waals surface area contributed by atoms with Crippen LogP contribution in [0.3, 0.4) is 0 Å². The number of carbonyl (C=O) groups excluding carboxylic acids is 1. The van der Waals surface area contributed by atoms with Gasteiger partial charge in [-0.05, 0) is 61.4 Å². The Kier molecular flexibility index (Phi) is 5.77. The van der Waals surface area contributed by atoms with Gasteiger partial charge in [0.05, 0.1) is 16.6 Å². The molecule has 1 heterocycles. The molecular weight excluding hydrogens is 432 g/mol. The number of sulfonamides is 1. The Morgan fingerprint density at radius 1 is 0.968 bits per heavy atom. The third kappa shape index (κ3) is 3.93. The second-order valence-electron chi connectivity index (χ2n) is 7.64. The third-order valence-electron chi connectivity index (χ3n) is 5.56. The molecule has 0 bridgehead atoms. The fraction of sp³-hybridized carbons (Fsp3) is 0.208. The summed E-state index contributed by atoms with van der Waals surface area (Å²) in [6.07, 6.45) is 0.471. The molecule has 2 atom stereocenters. The van der Waals surface area contributed by atoms with Crippen LogP contribution in [-0.2, 0) is 14.8 Å². The molecule has 7 heteroatoms. The molecule has 1 amide bonds. The molecule has 31 heavy (non-hydrogen) atoms. The summed E-state index contributed by atoms with van der Waals surface area (Å²) in [6.45, 7) is 3.48. The Morgan fingerprint density at radius 3 is 2.23 bits per heavy atom. The lowest BCUT2D eigenvalue weighted by molar-refractivity contribution is -0.117. The normalized spacial score (nSPS) is 18.4. The maximum Gasteiger partial charge on any atom is 0.264 e. The number of anilines is 2. The zero-order valence-electron chi connectivity index (χ0n) is 17.3. The van der Waals surface area contributed by atoms with E-state index in [-0.39, 0.29) is 16.8 Å². The molecule has 0 N–H and O–H groups in total. The highest BCUT2D eigenvalue weighted by atomic mass is 35.5. The third-order valence-corrected chi connectivity index (χ3v) is 7.67. The minimum atomic E-state index is -3.90. The Morgan fingerprint density at radius 2 is 1.58 bits per heavy atom. The minimum absolute atomic E-state index is 0.0646. The van der Waals surface area contributed by atoms with E-state index in [0.29, 0.717) is 17.1 Å². The zero-order chi connectivity index (χ0) is 22.2. The number of amides is 1. The van der Waals surface area contributed by atoms with Crippen molar-refractivity contribution in [3.8, 4) is 0 Å². The van der Waals surface area contributed by atoms with Crippen LogP contribution in [0.5, 0.6) is 0 Å². The van der Waals surface area contributed by atoms with Crippen LogP contribution in [0.25, 0.3) is 0 Å². The van der Waals surface area contributed by atoms with E-state index in [1.807, 2.05) is 49.4 Å². The minimum Gasteiger partial charge on any atom is -0.309 e. The molecule has 160 valence electrons. The monoisotopic (exact) mass is 454 g/mol. The summed E-state index contributed by atoms with van der Waals surface area (Å²) in [5.41, 5.74) is 2.11. The van der Waals surface area contributed by atoms with Gasteiger partial charge >= 0.3 is 0 Å². The number of fused-ring (bicyclic) bond motifs is 1. The largest absolute Gasteiger partial charge is 0.309 e. The van der Waals surface area contributed by atoms with E-state index in [4.69, 9.17) is 11.6 Å². The topological polar surface area (TPSA) is 57.7 Å². The van der Waals surface area contributed by atoms with Crippen molar-refractivity contribution in [2.45, 2.75) is 37.2 Å². The van der Waals surface area contributed by atoms with Crippen LogP contribution in [-0.4, -0.2) is 20.4 Å². The molecule has 0 fully saturated rings. The van der Waals surface area contributed by atoms with E-state index in [1.54, 1.807) is 29.2 Å². The number of nitrogens with zero attached hydrogens (tertiary/aromatic N) is 2. The molecule has 4 rings (SSSR count). The molecular formula is C24H23ClN2O3S. The summed E-state index contributed by atoms with van der Waals surface area (Å²) in [6, 6.07) is 22.1. The van der Waals surface area contributed by atoms with E-state index in [0.717, 1.165) is 11.3 Å². The van der Waals surface area contributed by atoms with E-state index in [2.05, 4.69) is 0 Å². The second kappa shape index (κ2) is 8.36. The summed E-state index contributed by atoms with van der Waals surface area (Å²) in [7, 11) is -3.90. The van der Waals surface area contributed by atoms with Crippen LogP contribution in [0.15, 0.2) is 83.8 Å². The average Bonchev–Trinajstić information content (AvgIpc) is 2.74. The molecule has 1 aliphatic heterocycles. The molecule has 0 saturated carbocycles. The lowest BCUT2D eigenvalue weighted by atomic mass is 9.91. The van der Waals surface area contributed by atoms with E-state index in [9.17, 15) is 13.2 Å². The van der Waals surface area contributed by atoms with Gasteiger partial charge in [0.2, 0.25) is 5.91 Å². The van der Waals surface area contributed by atoms with Crippen molar-refractivity contribution in [3.05, 3.63) is 89.4 Å². The van der Waals surface area contributed by atoms with Gasteiger partial charge in [-0.3, -0.25) is 9.10 Å². The van der Waals surface area contributed by atoms with Crippen molar-refractivity contribution in [1.82, 2.24) is 0 Å². The highest BCUT2D eigenvalue weighted by molar-refractivity contribution is 7.92. The van der Waals surface area contributed by atoms with Gasteiger partial charge in [0, 0.05) is 23.7 Å². The van der Waals surface area contributed by atoms with E-state index in [1.165, 1.54) is 23.4 Å². The molecule has 0 saturated heterocycles. The highest BCUT2D eigenvalue weighted by Crippen LogP contribution is 2.44. The van der Waals surface area contributed by atoms with E-state index >= 15 is 0 Å². The van der Waals surface area contributed by atoms with Crippen LogP contribution in [0.1, 0.15) is 31.9 Å². The Balaban J connectivity index is 1.92. The summed E-state index contributed by atoms with van der Waals surface area (Å²) in [4.78, 5) is 14.3. The quantitative estimate of drug-likeness (QED) is 0.528. The van der Waals surface area contributed by atoms with Gasteiger partial charge in [-0.2, -0.15) is 0 Å². The molecule has 3 aromatic rings. The summed E-state index contributed by atoms with van der Waals surface area (Å²) >= 11 is 5.99. The van der Waals surface area contributed by atoms with Crippen LogP contribution in [0, 0.1) is 0 Å². The van der Waals surface area contributed by atoms with Crippen molar-refractivity contribution in [3.63, 3.8) is 0 Å². The molecule has 0 spiro atoms. The molecule has 0 radical (unpaired) electrons. The van der Waals surface area contributed by atoms with Gasteiger partial charge in [0.1, 0.15) is 0 Å². The summed E-state index contributed by atoms with van der Waals surface area (Å²) in [5, 5.41) is 0.471. The number of halogens is 1. The first kappa shape index (κ1) is 21.4. The number of benzene rings is 3. The molecule has 0 aromatic heterocycles. The van der Waals surface area contributed by atoms with Crippen LogP contribution >= 0.6 is 11.6 Å². The highest BCUT2D eigenvalue weighted by Gasteiger charge is 2.40. The predicted molar refractivity (Wildman–Crippen MR) is 124 cm³/mol. The summed E-state index contributed by atoms with van der Waals surface area (Å²) in [5.74, 6) is -0.0646. The average molecular weight is 455 g/mol. The smallest absolute Gasteiger partial charge is 0.264 e. The van der Waals surface area contributed by atoms with Gasteiger partial charge in [0.25, 0.3) is 10.0 Å². The van der Waals surface area contributed by atoms with Crippen molar-refractivity contribution < 1.29 is 13.2 Å². The Bertz CT molecular complexity index is 1200. The first-order valence-corrected chi connectivity index (χ1v) is 11.9. The Labute approximate surface area is 187 Å². The van der Waals surface area contributed by atoms with Gasteiger partial charge in [0.15, 0.2) is 0 Å². The number of hydrogen-bond donors (Lipinski definition) is 0. The number of rotatable bonds is 4. The maximum absolute atomic E-state index is 13.9.